The Morgan fingerprint density at radius 2 is 1.62 bits per heavy atom. The van der Waals surface area contributed by atoms with E-state index in [9.17, 15) is 18.4 Å². The lowest BCUT2D eigenvalue weighted by Gasteiger charge is -2.19. The summed E-state index contributed by atoms with van der Waals surface area (Å²) in [6.45, 7) is 6.15. The van der Waals surface area contributed by atoms with Crippen LogP contribution in [0, 0.1) is 11.6 Å². The minimum absolute atomic E-state index is 0.0378. The Morgan fingerprint density at radius 3 is 2.28 bits per heavy atom. The molecule has 0 saturated heterocycles. The van der Waals surface area contributed by atoms with Crippen LogP contribution in [0.4, 0.5) is 14.5 Å². The third kappa shape index (κ3) is 7.49. The standard InChI is InChI=1S/C23H29F2N3O4/c1-5-31-20-10-8-17(12-21(20)32-6-2)27-23(30)14-28(4)13-22(29)26-15(3)18-9-7-16(24)11-19(18)25/h7-12,15H,5-6,13-14H2,1-4H3,(H,26,29)(H,27,30). The number of rotatable bonds is 11. The molecule has 0 saturated carbocycles. The zero-order chi connectivity index (χ0) is 23.7. The first-order valence-corrected chi connectivity index (χ1v) is 10.4. The van der Waals surface area contributed by atoms with Gasteiger partial charge in [0.05, 0.1) is 32.3 Å². The van der Waals surface area contributed by atoms with E-state index in [1.54, 1.807) is 32.2 Å². The van der Waals surface area contributed by atoms with Crippen molar-refractivity contribution in [2.75, 3.05) is 38.7 Å². The molecule has 2 aromatic rings. The fourth-order valence-corrected chi connectivity index (χ4v) is 3.09. The molecule has 0 heterocycles. The molecule has 9 heteroatoms. The van der Waals surface area contributed by atoms with E-state index in [0.717, 1.165) is 12.1 Å². The van der Waals surface area contributed by atoms with Gasteiger partial charge in [-0.25, -0.2) is 8.78 Å². The van der Waals surface area contributed by atoms with E-state index in [4.69, 9.17) is 9.47 Å². The number of halogens is 2. The number of amides is 2. The van der Waals surface area contributed by atoms with Gasteiger partial charge in [0.2, 0.25) is 11.8 Å². The predicted octanol–water partition coefficient (Wildman–Crippen LogP) is 3.51. The summed E-state index contributed by atoms with van der Waals surface area (Å²) in [5.41, 5.74) is 0.723. The molecule has 0 bridgehead atoms. The van der Waals surface area contributed by atoms with Gasteiger partial charge in [0.25, 0.3) is 0 Å². The second-order valence-electron chi connectivity index (χ2n) is 7.20. The number of anilines is 1. The second-order valence-corrected chi connectivity index (χ2v) is 7.20. The minimum Gasteiger partial charge on any atom is -0.490 e. The van der Waals surface area contributed by atoms with E-state index in [2.05, 4.69) is 10.6 Å². The zero-order valence-electron chi connectivity index (χ0n) is 18.7. The number of ether oxygens (including phenoxy) is 2. The van der Waals surface area contributed by atoms with Crippen LogP contribution in [0.5, 0.6) is 11.5 Å². The molecular weight excluding hydrogens is 420 g/mol. The lowest BCUT2D eigenvalue weighted by molar-refractivity contribution is -0.123. The Bertz CT molecular complexity index is 939. The van der Waals surface area contributed by atoms with Crippen LogP contribution in [0.2, 0.25) is 0 Å². The number of carbonyl (C=O) groups is 2. The molecule has 0 aromatic heterocycles. The van der Waals surface area contributed by atoms with E-state index in [-0.39, 0.29) is 24.6 Å². The summed E-state index contributed by atoms with van der Waals surface area (Å²) < 4.78 is 38.0. The van der Waals surface area contributed by atoms with E-state index in [1.807, 2.05) is 13.8 Å². The van der Waals surface area contributed by atoms with Gasteiger partial charge in [-0.15, -0.1) is 0 Å². The van der Waals surface area contributed by atoms with Gasteiger partial charge in [-0.1, -0.05) is 6.07 Å². The lowest BCUT2D eigenvalue weighted by atomic mass is 10.1. The third-order valence-corrected chi connectivity index (χ3v) is 4.46. The van der Waals surface area contributed by atoms with Crippen molar-refractivity contribution in [2.24, 2.45) is 0 Å². The van der Waals surface area contributed by atoms with Crippen molar-refractivity contribution >= 4 is 17.5 Å². The molecule has 0 radical (unpaired) electrons. The van der Waals surface area contributed by atoms with Crippen LogP contribution in [-0.2, 0) is 9.59 Å². The van der Waals surface area contributed by atoms with Crippen molar-refractivity contribution in [1.82, 2.24) is 10.2 Å². The number of hydrogen-bond donors (Lipinski definition) is 2. The summed E-state index contributed by atoms with van der Waals surface area (Å²) in [6, 6.07) is 7.65. The number of benzene rings is 2. The highest BCUT2D eigenvalue weighted by molar-refractivity contribution is 5.93. The van der Waals surface area contributed by atoms with Crippen LogP contribution >= 0.6 is 0 Å². The third-order valence-electron chi connectivity index (χ3n) is 4.46. The molecule has 0 fully saturated rings. The number of carbonyl (C=O) groups excluding carboxylic acids is 2. The minimum atomic E-state index is -0.729. The van der Waals surface area contributed by atoms with Gasteiger partial charge in [0, 0.05) is 23.4 Å². The largest absolute Gasteiger partial charge is 0.490 e. The lowest BCUT2D eigenvalue weighted by Crippen LogP contribution is -2.39. The highest BCUT2D eigenvalue weighted by Gasteiger charge is 2.17. The quantitative estimate of drug-likeness (QED) is 0.549. The summed E-state index contributed by atoms with van der Waals surface area (Å²) in [5, 5.41) is 5.41. The average molecular weight is 449 g/mol. The molecule has 0 aliphatic heterocycles. The molecule has 2 aromatic carbocycles. The fourth-order valence-electron chi connectivity index (χ4n) is 3.09. The van der Waals surface area contributed by atoms with Crippen molar-refractivity contribution in [3.8, 4) is 11.5 Å². The summed E-state index contributed by atoms with van der Waals surface area (Å²) in [6.07, 6.45) is 0. The van der Waals surface area contributed by atoms with E-state index >= 15 is 0 Å². The molecule has 0 aliphatic rings. The number of likely N-dealkylation sites (N-methyl/N-ethyl adjacent to an activating group) is 1. The van der Waals surface area contributed by atoms with Crippen LogP contribution in [0.3, 0.4) is 0 Å². The first kappa shape index (κ1) is 25.1. The molecule has 1 unspecified atom stereocenters. The summed E-state index contributed by atoms with van der Waals surface area (Å²) in [7, 11) is 1.62. The molecule has 7 nitrogen and oxygen atoms in total. The van der Waals surface area contributed by atoms with E-state index < -0.39 is 23.6 Å². The number of nitrogens with zero attached hydrogens (tertiary/aromatic N) is 1. The van der Waals surface area contributed by atoms with Crippen LogP contribution < -0.4 is 20.1 Å². The maximum Gasteiger partial charge on any atom is 0.238 e. The predicted molar refractivity (Wildman–Crippen MR) is 118 cm³/mol. The normalized spacial score (nSPS) is 11.7. The molecule has 32 heavy (non-hydrogen) atoms. The van der Waals surface area contributed by atoms with Crippen LogP contribution in [0.25, 0.3) is 0 Å². The van der Waals surface area contributed by atoms with Crippen LogP contribution in [-0.4, -0.2) is 50.1 Å². The SMILES string of the molecule is CCOc1ccc(NC(=O)CN(C)CC(=O)NC(C)c2ccc(F)cc2F)cc1OCC. The van der Waals surface area contributed by atoms with Crippen molar-refractivity contribution in [2.45, 2.75) is 26.8 Å². The Labute approximate surface area is 186 Å². The van der Waals surface area contributed by atoms with E-state index in [0.29, 0.717) is 30.4 Å². The Kier molecular flexibility index (Phi) is 9.39. The Balaban J connectivity index is 1.88. The van der Waals surface area contributed by atoms with Crippen molar-refractivity contribution in [3.05, 3.63) is 53.6 Å². The molecule has 0 spiro atoms. The van der Waals surface area contributed by atoms with E-state index in [1.165, 1.54) is 11.0 Å². The molecule has 2 amide bonds. The van der Waals surface area contributed by atoms with Crippen molar-refractivity contribution in [1.29, 1.82) is 0 Å². The Morgan fingerprint density at radius 1 is 0.969 bits per heavy atom. The summed E-state index contributed by atoms with van der Waals surface area (Å²) in [5.74, 6) is -1.00. The fraction of sp³-hybridized carbons (Fsp3) is 0.391. The maximum absolute atomic E-state index is 13.9. The smallest absolute Gasteiger partial charge is 0.238 e. The van der Waals surface area contributed by atoms with Gasteiger partial charge < -0.3 is 20.1 Å². The zero-order valence-corrected chi connectivity index (χ0v) is 18.7. The van der Waals surface area contributed by atoms with Crippen LogP contribution in [0.15, 0.2) is 36.4 Å². The van der Waals surface area contributed by atoms with Gasteiger partial charge in [-0.2, -0.15) is 0 Å². The molecule has 2 N–H and O–H groups in total. The van der Waals surface area contributed by atoms with Crippen molar-refractivity contribution in [3.63, 3.8) is 0 Å². The molecule has 2 rings (SSSR count). The van der Waals surface area contributed by atoms with Crippen LogP contribution in [0.1, 0.15) is 32.4 Å². The molecule has 1 atom stereocenters. The number of nitrogens with one attached hydrogen (secondary N) is 2. The number of hydrogen-bond acceptors (Lipinski definition) is 5. The maximum atomic E-state index is 13.9. The highest BCUT2D eigenvalue weighted by atomic mass is 19.1. The average Bonchev–Trinajstić information content (AvgIpc) is 2.69. The first-order chi connectivity index (χ1) is 15.2. The van der Waals surface area contributed by atoms with Gasteiger partial charge >= 0.3 is 0 Å². The molecular formula is C23H29F2N3O4. The summed E-state index contributed by atoms with van der Waals surface area (Å²) >= 11 is 0. The highest BCUT2D eigenvalue weighted by Crippen LogP contribution is 2.30. The first-order valence-electron chi connectivity index (χ1n) is 10.4. The topological polar surface area (TPSA) is 79.9 Å². The van der Waals surface area contributed by atoms with Crippen molar-refractivity contribution < 1.29 is 27.8 Å². The Hall–Kier alpha value is -3.20. The molecule has 174 valence electrons. The van der Waals surface area contributed by atoms with Gasteiger partial charge in [0.15, 0.2) is 11.5 Å². The monoisotopic (exact) mass is 449 g/mol. The van der Waals surface area contributed by atoms with Gasteiger partial charge in [0.1, 0.15) is 11.6 Å². The van der Waals surface area contributed by atoms with Gasteiger partial charge in [-0.05, 0) is 46.0 Å². The molecule has 0 aliphatic carbocycles. The second kappa shape index (κ2) is 12.0. The summed E-state index contributed by atoms with van der Waals surface area (Å²) in [4.78, 5) is 26.1. The van der Waals surface area contributed by atoms with Gasteiger partial charge in [-0.3, -0.25) is 14.5 Å².